The number of nitrogens with zero attached hydrogens (tertiary/aromatic N) is 4. The third-order valence-corrected chi connectivity index (χ3v) is 5.63. The van der Waals surface area contributed by atoms with Gasteiger partial charge in [0, 0.05) is 45.0 Å². The van der Waals surface area contributed by atoms with Crippen LogP contribution in [0, 0.1) is 13.8 Å². The summed E-state index contributed by atoms with van der Waals surface area (Å²) in [5.74, 6) is 0.862. The van der Waals surface area contributed by atoms with Crippen molar-refractivity contribution in [1.82, 2.24) is 25.3 Å². The molecule has 2 unspecified atom stereocenters. The Morgan fingerprint density at radius 2 is 1.78 bits per heavy atom. The Bertz CT molecular complexity index is 850. The summed E-state index contributed by atoms with van der Waals surface area (Å²) in [7, 11) is 0. The van der Waals surface area contributed by atoms with E-state index in [9.17, 15) is 0 Å². The molecule has 32 heavy (non-hydrogen) atoms. The van der Waals surface area contributed by atoms with Crippen LogP contribution in [0.3, 0.4) is 0 Å². The van der Waals surface area contributed by atoms with Crippen molar-refractivity contribution in [1.29, 1.82) is 0 Å². The number of morpholine rings is 1. The number of aryl methyl sites for hydroxylation is 3. The predicted octanol–water partition coefficient (Wildman–Crippen LogP) is 3.25. The van der Waals surface area contributed by atoms with E-state index in [2.05, 4.69) is 83.3 Å². The summed E-state index contributed by atoms with van der Waals surface area (Å²) < 4.78 is 7.91. The maximum absolute atomic E-state index is 5.84. The Labute approximate surface area is 193 Å². The van der Waals surface area contributed by atoms with E-state index in [4.69, 9.17) is 9.73 Å². The molecule has 7 nitrogen and oxygen atoms in total. The van der Waals surface area contributed by atoms with Crippen LogP contribution in [0.15, 0.2) is 35.3 Å². The van der Waals surface area contributed by atoms with Crippen molar-refractivity contribution in [2.75, 3.05) is 26.2 Å². The molecule has 7 heteroatoms. The molecular formula is C25H40N6O. The van der Waals surface area contributed by atoms with E-state index in [-0.39, 0.29) is 0 Å². The maximum Gasteiger partial charge on any atom is 0.191 e. The normalized spacial score (nSPS) is 19.8. The van der Waals surface area contributed by atoms with E-state index in [1.807, 2.05) is 6.92 Å². The molecule has 2 atom stereocenters. The number of guanidine groups is 1. The van der Waals surface area contributed by atoms with Gasteiger partial charge in [-0.3, -0.25) is 9.58 Å². The van der Waals surface area contributed by atoms with Gasteiger partial charge in [0.15, 0.2) is 5.96 Å². The monoisotopic (exact) mass is 440 g/mol. The van der Waals surface area contributed by atoms with Gasteiger partial charge in [-0.05, 0) is 58.2 Å². The number of aliphatic imine (C=N–C) groups is 1. The Morgan fingerprint density at radius 1 is 1.09 bits per heavy atom. The molecule has 1 saturated heterocycles. The smallest absolute Gasteiger partial charge is 0.191 e. The molecule has 1 aromatic carbocycles. The van der Waals surface area contributed by atoms with Crippen molar-refractivity contribution in [3.05, 3.63) is 52.8 Å². The molecule has 0 radical (unpaired) electrons. The average molecular weight is 441 g/mol. The fourth-order valence-corrected chi connectivity index (χ4v) is 4.27. The molecular weight excluding hydrogens is 400 g/mol. The van der Waals surface area contributed by atoms with Gasteiger partial charge in [-0.25, -0.2) is 4.99 Å². The van der Waals surface area contributed by atoms with E-state index in [0.717, 1.165) is 57.3 Å². The number of rotatable bonds is 9. The molecule has 176 valence electrons. The molecule has 1 fully saturated rings. The van der Waals surface area contributed by atoms with Crippen molar-refractivity contribution in [2.45, 2.75) is 72.9 Å². The zero-order valence-corrected chi connectivity index (χ0v) is 20.4. The molecule has 2 heterocycles. The van der Waals surface area contributed by atoms with E-state index >= 15 is 0 Å². The molecule has 1 aliphatic rings. The minimum Gasteiger partial charge on any atom is -0.373 e. The van der Waals surface area contributed by atoms with Crippen LogP contribution in [0.25, 0.3) is 0 Å². The van der Waals surface area contributed by atoms with Crippen LogP contribution in [0.5, 0.6) is 0 Å². The lowest BCUT2D eigenvalue weighted by Gasteiger charge is -2.35. The third kappa shape index (κ3) is 7.64. The van der Waals surface area contributed by atoms with Gasteiger partial charge < -0.3 is 15.4 Å². The average Bonchev–Trinajstić information content (AvgIpc) is 3.06. The molecule has 2 aromatic rings. The van der Waals surface area contributed by atoms with Crippen molar-refractivity contribution >= 4 is 5.96 Å². The Balaban J connectivity index is 1.46. The van der Waals surface area contributed by atoms with Crippen LogP contribution >= 0.6 is 0 Å². The van der Waals surface area contributed by atoms with Gasteiger partial charge in [0.2, 0.25) is 0 Å². The summed E-state index contributed by atoms with van der Waals surface area (Å²) >= 11 is 0. The van der Waals surface area contributed by atoms with Crippen molar-refractivity contribution < 1.29 is 4.74 Å². The summed E-state index contributed by atoms with van der Waals surface area (Å²) in [5, 5.41) is 11.3. The summed E-state index contributed by atoms with van der Waals surface area (Å²) in [5.41, 5.74) is 4.85. The fourth-order valence-electron chi connectivity index (χ4n) is 4.27. The van der Waals surface area contributed by atoms with Gasteiger partial charge in [0.05, 0.1) is 24.4 Å². The third-order valence-electron chi connectivity index (χ3n) is 5.63. The van der Waals surface area contributed by atoms with Crippen LogP contribution in [0.2, 0.25) is 0 Å². The number of benzene rings is 1. The highest BCUT2D eigenvalue weighted by Gasteiger charge is 2.21. The van der Waals surface area contributed by atoms with Crippen LogP contribution in [-0.2, 0) is 24.4 Å². The van der Waals surface area contributed by atoms with Gasteiger partial charge >= 0.3 is 0 Å². The summed E-state index contributed by atoms with van der Waals surface area (Å²) in [4.78, 5) is 7.24. The minimum atomic E-state index is 0.303. The lowest BCUT2D eigenvalue weighted by Crippen LogP contribution is -2.44. The Hall–Kier alpha value is -2.38. The SMILES string of the molecule is CCNC(=NCc1ccc(CN2CC(C)OC(C)C2)cc1)NCCCn1nc(C)cc1C. The van der Waals surface area contributed by atoms with Gasteiger partial charge in [0.1, 0.15) is 0 Å². The number of hydrogen-bond acceptors (Lipinski definition) is 4. The second kappa shape index (κ2) is 12.0. The number of ether oxygens (including phenoxy) is 1. The van der Waals surface area contributed by atoms with E-state index in [1.54, 1.807) is 0 Å². The molecule has 3 rings (SSSR count). The van der Waals surface area contributed by atoms with Gasteiger partial charge in [-0.15, -0.1) is 0 Å². The minimum absolute atomic E-state index is 0.303. The second-order valence-corrected chi connectivity index (χ2v) is 8.89. The first-order chi connectivity index (χ1) is 15.4. The highest BCUT2D eigenvalue weighted by Crippen LogP contribution is 2.15. The van der Waals surface area contributed by atoms with Crippen LogP contribution in [0.1, 0.15) is 49.7 Å². The van der Waals surface area contributed by atoms with Crippen LogP contribution < -0.4 is 10.6 Å². The number of nitrogens with one attached hydrogen (secondary N) is 2. The van der Waals surface area contributed by atoms with Gasteiger partial charge in [-0.1, -0.05) is 24.3 Å². The van der Waals surface area contributed by atoms with Crippen molar-refractivity contribution in [2.24, 2.45) is 4.99 Å². The Kier molecular flexibility index (Phi) is 9.11. The Morgan fingerprint density at radius 3 is 2.41 bits per heavy atom. The van der Waals surface area contributed by atoms with Gasteiger partial charge in [-0.2, -0.15) is 5.10 Å². The molecule has 1 aromatic heterocycles. The summed E-state index contributed by atoms with van der Waals surface area (Å²) in [6.07, 6.45) is 1.61. The molecule has 0 spiro atoms. The highest BCUT2D eigenvalue weighted by molar-refractivity contribution is 5.79. The standard InChI is InChI=1S/C25H40N6O/c1-6-26-25(27-12-7-13-31-20(3)14-19(2)29-31)28-15-23-8-10-24(11-9-23)18-30-16-21(4)32-22(5)17-30/h8-11,14,21-22H,6-7,12-13,15-18H2,1-5H3,(H2,26,27,28). The summed E-state index contributed by atoms with van der Waals surface area (Å²) in [6, 6.07) is 11.0. The number of aromatic nitrogens is 2. The lowest BCUT2D eigenvalue weighted by atomic mass is 10.1. The van der Waals surface area contributed by atoms with E-state index < -0.39 is 0 Å². The molecule has 1 aliphatic heterocycles. The van der Waals surface area contributed by atoms with Gasteiger partial charge in [0.25, 0.3) is 0 Å². The quantitative estimate of drug-likeness (QED) is 0.356. The molecule has 2 N–H and O–H groups in total. The van der Waals surface area contributed by atoms with E-state index in [0.29, 0.717) is 18.8 Å². The highest BCUT2D eigenvalue weighted by atomic mass is 16.5. The zero-order chi connectivity index (χ0) is 22.9. The molecule has 0 aliphatic carbocycles. The first-order valence-electron chi connectivity index (χ1n) is 11.9. The topological polar surface area (TPSA) is 66.7 Å². The number of hydrogen-bond donors (Lipinski definition) is 2. The fraction of sp³-hybridized carbons (Fsp3) is 0.600. The molecule has 0 saturated carbocycles. The first-order valence-corrected chi connectivity index (χ1v) is 11.9. The molecule has 0 bridgehead atoms. The van der Waals surface area contributed by atoms with E-state index in [1.165, 1.54) is 16.8 Å². The predicted molar refractivity (Wildman–Crippen MR) is 131 cm³/mol. The first kappa shape index (κ1) is 24.3. The largest absolute Gasteiger partial charge is 0.373 e. The zero-order valence-electron chi connectivity index (χ0n) is 20.4. The van der Waals surface area contributed by atoms with Crippen LogP contribution in [0.4, 0.5) is 0 Å². The maximum atomic E-state index is 5.84. The van der Waals surface area contributed by atoms with Crippen molar-refractivity contribution in [3.63, 3.8) is 0 Å². The van der Waals surface area contributed by atoms with Crippen molar-refractivity contribution in [3.8, 4) is 0 Å². The second-order valence-electron chi connectivity index (χ2n) is 8.89. The lowest BCUT2D eigenvalue weighted by molar-refractivity contribution is -0.0704. The van der Waals surface area contributed by atoms with Crippen LogP contribution in [-0.4, -0.2) is 59.0 Å². The summed E-state index contributed by atoms with van der Waals surface area (Å²) in [6.45, 7) is 16.8. The molecule has 0 amide bonds.